The van der Waals surface area contributed by atoms with Crippen LogP contribution in [0.1, 0.15) is 19.2 Å². The van der Waals surface area contributed by atoms with Crippen LogP contribution in [0.4, 0.5) is 0 Å². The van der Waals surface area contributed by atoms with Gasteiger partial charge in [-0.3, -0.25) is 4.79 Å². The number of hydrogen-bond donors (Lipinski definition) is 2. The zero-order valence-corrected chi connectivity index (χ0v) is 6.29. The highest BCUT2D eigenvalue weighted by molar-refractivity contribution is 5.10. The van der Waals surface area contributed by atoms with E-state index in [1.807, 2.05) is 6.92 Å². The Bertz CT molecular complexity index is 293. The van der Waals surface area contributed by atoms with Gasteiger partial charge in [0.1, 0.15) is 5.82 Å². The highest BCUT2D eigenvalue weighted by Crippen LogP contribution is 1.96. The summed E-state index contributed by atoms with van der Waals surface area (Å²) in [5.74, 6) is 0.292. The van der Waals surface area contributed by atoms with Crippen LogP contribution in [0.2, 0.25) is 0 Å². The molecular weight excluding hydrogens is 144 g/mol. The molecule has 0 amide bonds. The van der Waals surface area contributed by atoms with E-state index in [-0.39, 0.29) is 5.75 Å². The Labute approximate surface area is 63.9 Å². The first-order valence-corrected chi connectivity index (χ1v) is 3.51. The summed E-state index contributed by atoms with van der Waals surface area (Å²) in [6, 6.07) is 0. The zero-order valence-electron chi connectivity index (χ0n) is 6.29. The predicted octanol–water partition coefficient (Wildman–Crippen LogP) is 0.428. The molecule has 0 atom stereocenters. The lowest BCUT2D eigenvalue weighted by molar-refractivity contribution is 0.461. The highest BCUT2D eigenvalue weighted by Gasteiger charge is 1.97. The van der Waals surface area contributed by atoms with Crippen LogP contribution < -0.4 is 5.56 Å². The number of hydrogen-bond acceptors (Lipinski definition) is 3. The van der Waals surface area contributed by atoms with Crippen LogP contribution in [0.25, 0.3) is 0 Å². The summed E-state index contributed by atoms with van der Waals surface area (Å²) in [5, 5.41) is 8.81. The van der Waals surface area contributed by atoms with Crippen molar-refractivity contribution >= 4 is 0 Å². The maximum absolute atomic E-state index is 10.8. The van der Waals surface area contributed by atoms with E-state index in [4.69, 9.17) is 5.11 Å². The standard InChI is InChI=1S/C7H10N2O2/c1-2-3-6-8-4-5(10)7(11)9-6/h4,10H,2-3H2,1H3,(H,8,9,11). The van der Waals surface area contributed by atoms with E-state index in [1.165, 1.54) is 6.20 Å². The zero-order chi connectivity index (χ0) is 8.27. The third kappa shape index (κ3) is 1.80. The molecule has 0 spiro atoms. The van der Waals surface area contributed by atoms with E-state index < -0.39 is 5.56 Å². The molecule has 0 aliphatic heterocycles. The number of H-pyrrole nitrogens is 1. The normalized spacial score (nSPS) is 9.91. The summed E-state index contributed by atoms with van der Waals surface area (Å²) in [6.07, 6.45) is 2.83. The summed E-state index contributed by atoms with van der Waals surface area (Å²) < 4.78 is 0. The van der Waals surface area contributed by atoms with E-state index >= 15 is 0 Å². The summed E-state index contributed by atoms with van der Waals surface area (Å²) in [6.45, 7) is 1.99. The molecule has 1 aromatic rings. The Hall–Kier alpha value is -1.32. The van der Waals surface area contributed by atoms with Gasteiger partial charge in [0.25, 0.3) is 5.56 Å². The van der Waals surface area contributed by atoms with E-state index in [2.05, 4.69) is 9.97 Å². The summed E-state index contributed by atoms with van der Waals surface area (Å²) in [5.41, 5.74) is -0.469. The Kier molecular flexibility index (Phi) is 2.25. The van der Waals surface area contributed by atoms with Gasteiger partial charge >= 0.3 is 0 Å². The molecule has 1 rings (SSSR count). The van der Waals surface area contributed by atoms with Crippen molar-refractivity contribution in [3.05, 3.63) is 22.4 Å². The molecule has 4 nitrogen and oxygen atoms in total. The fourth-order valence-corrected chi connectivity index (χ4v) is 0.789. The van der Waals surface area contributed by atoms with Crippen LogP contribution in [0.15, 0.2) is 11.0 Å². The van der Waals surface area contributed by atoms with Crippen LogP contribution in [-0.4, -0.2) is 15.1 Å². The number of rotatable bonds is 2. The monoisotopic (exact) mass is 154 g/mol. The molecular formula is C7H10N2O2. The largest absolute Gasteiger partial charge is 0.502 e. The van der Waals surface area contributed by atoms with Crippen LogP contribution in [0, 0.1) is 0 Å². The Morgan fingerprint density at radius 2 is 2.45 bits per heavy atom. The maximum atomic E-state index is 10.8. The second-order valence-electron chi connectivity index (χ2n) is 2.29. The minimum atomic E-state index is -0.469. The van der Waals surface area contributed by atoms with Gasteiger partial charge in [-0.2, -0.15) is 0 Å². The Balaban J connectivity index is 2.96. The number of aryl methyl sites for hydroxylation is 1. The van der Waals surface area contributed by atoms with Gasteiger partial charge in [-0.15, -0.1) is 0 Å². The van der Waals surface area contributed by atoms with Gasteiger partial charge in [-0.1, -0.05) is 6.92 Å². The molecule has 0 saturated heterocycles. The molecule has 2 N–H and O–H groups in total. The second kappa shape index (κ2) is 3.18. The van der Waals surface area contributed by atoms with Gasteiger partial charge in [-0.25, -0.2) is 4.98 Å². The number of aromatic nitrogens is 2. The van der Waals surface area contributed by atoms with E-state index in [0.717, 1.165) is 12.8 Å². The van der Waals surface area contributed by atoms with Gasteiger partial charge < -0.3 is 10.1 Å². The quantitative estimate of drug-likeness (QED) is 0.649. The minimum absolute atomic E-state index is 0.329. The lowest BCUT2D eigenvalue weighted by Gasteiger charge is -1.95. The lowest BCUT2D eigenvalue weighted by atomic mass is 10.3. The predicted molar refractivity (Wildman–Crippen MR) is 40.5 cm³/mol. The molecule has 0 saturated carbocycles. The molecule has 1 aromatic heterocycles. The van der Waals surface area contributed by atoms with Crippen molar-refractivity contribution in [3.8, 4) is 5.75 Å². The van der Waals surface area contributed by atoms with Crippen LogP contribution in [0.3, 0.4) is 0 Å². The van der Waals surface area contributed by atoms with Crippen molar-refractivity contribution < 1.29 is 5.11 Å². The van der Waals surface area contributed by atoms with Crippen molar-refractivity contribution in [2.75, 3.05) is 0 Å². The first kappa shape index (κ1) is 7.78. The molecule has 0 aliphatic carbocycles. The van der Waals surface area contributed by atoms with Gasteiger partial charge in [0, 0.05) is 6.42 Å². The molecule has 1 heterocycles. The Morgan fingerprint density at radius 1 is 1.73 bits per heavy atom. The molecule has 0 bridgehead atoms. The van der Waals surface area contributed by atoms with Gasteiger partial charge in [0.15, 0.2) is 5.75 Å². The van der Waals surface area contributed by atoms with Crippen LogP contribution in [0.5, 0.6) is 5.75 Å². The average Bonchev–Trinajstić information content (AvgIpc) is 1.98. The number of nitrogens with zero attached hydrogens (tertiary/aromatic N) is 1. The molecule has 0 aliphatic rings. The summed E-state index contributed by atoms with van der Waals surface area (Å²) in [4.78, 5) is 17.1. The summed E-state index contributed by atoms with van der Waals surface area (Å²) in [7, 11) is 0. The third-order valence-corrected chi connectivity index (χ3v) is 1.32. The van der Waals surface area contributed by atoms with E-state index in [0.29, 0.717) is 5.82 Å². The average molecular weight is 154 g/mol. The molecule has 0 fully saturated rings. The van der Waals surface area contributed by atoms with E-state index in [9.17, 15) is 4.79 Å². The van der Waals surface area contributed by atoms with Gasteiger partial charge in [0.05, 0.1) is 6.20 Å². The van der Waals surface area contributed by atoms with Crippen molar-refractivity contribution in [1.29, 1.82) is 0 Å². The van der Waals surface area contributed by atoms with Gasteiger partial charge in [0.2, 0.25) is 0 Å². The third-order valence-electron chi connectivity index (χ3n) is 1.32. The fourth-order valence-electron chi connectivity index (χ4n) is 0.789. The number of nitrogens with one attached hydrogen (secondary N) is 1. The Morgan fingerprint density at radius 3 is 3.00 bits per heavy atom. The van der Waals surface area contributed by atoms with E-state index in [1.54, 1.807) is 0 Å². The SMILES string of the molecule is CCCc1ncc(O)c(=O)[nH]1. The van der Waals surface area contributed by atoms with Crippen molar-refractivity contribution in [1.82, 2.24) is 9.97 Å². The van der Waals surface area contributed by atoms with Crippen molar-refractivity contribution in [2.45, 2.75) is 19.8 Å². The topological polar surface area (TPSA) is 66.0 Å². The first-order chi connectivity index (χ1) is 5.24. The highest BCUT2D eigenvalue weighted by atomic mass is 16.3. The van der Waals surface area contributed by atoms with Crippen molar-refractivity contribution in [2.24, 2.45) is 0 Å². The van der Waals surface area contributed by atoms with Crippen LogP contribution >= 0.6 is 0 Å². The van der Waals surface area contributed by atoms with Gasteiger partial charge in [-0.05, 0) is 6.42 Å². The molecule has 0 unspecified atom stereocenters. The van der Waals surface area contributed by atoms with Crippen LogP contribution in [-0.2, 0) is 6.42 Å². The fraction of sp³-hybridized carbons (Fsp3) is 0.429. The maximum Gasteiger partial charge on any atom is 0.293 e. The molecule has 60 valence electrons. The smallest absolute Gasteiger partial charge is 0.293 e. The first-order valence-electron chi connectivity index (χ1n) is 3.51. The van der Waals surface area contributed by atoms with Crippen molar-refractivity contribution in [3.63, 3.8) is 0 Å². The minimum Gasteiger partial charge on any atom is -0.502 e. The number of aromatic amines is 1. The molecule has 0 radical (unpaired) electrons. The molecule has 0 aromatic carbocycles. The molecule has 4 heteroatoms. The number of aromatic hydroxyl groups is 1. The second-order valence-corrected chi connectivity index (χ2v) is 2.29. The lowest BCUT2D eigenvalue weighted by Crippen LogP contribution is -2.09. The molecule has 11 heavy (non-hydrogen) atoms. The summed E-state index contributed by atoms with van der Waals surface area (Å²) >= 11 is 0.